The summed E-state index contributed by atoms with van der Waals surface area (Å²) in [6.07, 6.45) is 10.2. The molecule has 7 saturated carbocycles. The van der Waals surface area contributed by atoms with E-state index in [9.17, 15) is 18.4 Å². The molecular formula is C26H36F2O7S. The van der Waals surface area contributed by atoms with Gasteiger partial charge in [0.2, 0.25) is 0 Å². The lowest BCUT2D eigenvalue weighted by Gasteiger charge is -2.61. The Morgan fingerprint density at radius 3 is 2.22 bits per heavy atom. The molecule has 202 valence electrons. The number of carbonyl (C=O) groups excluding carboxylic acids is 2. The van der Waals surface area contributed by atoms with Gasteiger partial charge in [-0.25, -0.2) is 10.1 Å². The minimum atomic E-state index is -3.99. The van der Waals surface area contributed by atoms with E-state index in [4.69, 9.17) is 14.7 Å². The van der Waals surface area contributed by atoms with Crippen LogP contribution in [0.4, 0.5) is 8.78 Å². The number of rotatable bonds is 9. The summed E-state index contributed by atoms with van der Waals surface area (Å²) in [6.45, 7) is 2.64. The van der Waals surface area contributed by atoms with Gasteiger partial charge in [-0.15, -0.1) is 4.33 Å². The topological polar surface area (TPSA) is 91.3 Å². The quantitative estimate of drug-likeness (QED) is 0.177. The van der Waals surface area contributed by atoms with E-state index < -0.39 is 23.3 Å². The molecule has 8 atom stereocenters. The smallest absolute Gasteiger partial charge is 0.415 e. The number of fused-ring (bicyclic) bond motifs is 5. The Kier molecular flexibility index (Phi) is 6.37. The average molecular weight is 531 g/mol. The number of halogens is 2. The second-order valence-electron chi connectivity index (χ2n) is 13.3. The van der Waals surface area contributed by atoms with E-state index in [0.29, 0.717) is 36.2 Å². The first kappa shape index (κ1) is 25.3. The minimum absolute atomic E-state index is 0.0282. The molecule has 7 rings (SSSR count). The molecule has 0 heterocycles. The molecule has 36 heavy (non-hydrogen) atoms. The second-order valence-corrected chi connectivity index (χ2v) is 14.1. The summed E-state index contributed by atoms with van der Waals surface area (Å²) in [6, 6.07) is 0. The Hall–Kier alpha value is -0.970. The molecule has 0 amide bonds. The maximum Gasteiger partial charge on any atom is 0.415 e. The third-order valence-electron chi connectivity index (χ3n) is 10.7. The van der Waals surface area contributed by atoms with Gasteiger partial charge in [0.25, 0.3) is 0 Å². The fraction of sp³-hybridized carbons (Fsp3) is 0.923. The van der Waals surface area contributed by atoms with Crippen molar-refractivity contribution in [3.8, 4) is 0 Å². The maximum absolute atomic E-state index is 13.9. The summed E-state index contributed by atoms with van der Waals surface area (Å²) in [5.41, 5.74) is -0.514. The number of ether oxygens (including phenoxy) is 2. The Morgan fingerprint density at radius 2 is 1.56 bits per heavy atom. The number of alkyl halides is 2. The molecule has 0 spiro atoms. The molecule has 7 aliphatic rings. The highest BCUT2D eigenvalue weighted by Gasteiger charge is 2.60. The zero-order valence-corrected chi connectivity index (χ0v) is 21.5. The first-order valence-corrected chi connectivity index (χ1v) is 14.2. The van der Waals surface area contributed by atoms with Crippen LogP contribution in [0, 0.1) is 58.2 Å². The molecular weight excluding hydrogens is 494 g/mol. The monoisotopic (exact) mass is 530 g/mol. The molecule has 8 unspecified atom stereocenters. The molecule has 7 fully saturated rings. The molecule has 6 bridgehead atoms. The van der Waals surface area contributed by atoms with E-state index >= 15 is 0 Å². The standard InChI is InChI=1S/C26H36F2O7S/c1-14-2-18-17-5-20(19(18)3-14)21(6-17)22(29)32-12-24-7-15-4-16(8-24)10-25(9-15,11-24)13-33-23(30)26(27,28)36-35-34-31/h14-21,31H,2-13H2,1H3. The summed E-state index contributed by atoms with van der Waals surface area (Å²) in [5.74, 6) is 2.62. The van der Waals surface area contributed by atoms with Crippen LogP contribution < -0.4 is 0 Å². The molecule has 0 saturated heterocycles. The first-order valence-electron chi connectivity index (χ1n) is 13.5. The fourth-order valence-corrected chi connectivity index (χ4v) is 10.6. The van der Waals surface area contributed by atoms with Crippen molar-refractivity contribution in [2.24, 2.45) is 58.2 Å². The Balaban J connectivity index is 1.07. The Bertz CT molecular complexity index is 886. The number of esters is 2. The van der Waals surface area contributed by atoms with Crippen molar-refractivity contribution in [1.82, 2.24) is 0 Å². The van der Waals surface area contributed by atoms with Crippen molar-refractivity contribution in [1.29, 1.82) is 0 Å². The molecule has 0 radical (unpaired) electrons. The number of hydrogen-bond acceptors (Lipinski definition) is 8. The third kappa shape index (κ3) is 4.37. The van der Waals surface area contributed by atoms with Gasteiger partial charge in [0.05, 0.1) is 19.1 Å². The predicted octanol–water partition coefficient (Wildman–Crippen LogP) is 5.64. The van der Waals surface area contributed by atoms with Crippen LogP contribution in [0.25, 0.3) is 0 Å². The lowest BCUT2D eigenvalue weighted by Crippen LogP contribution is -2.55. The summed E-state index contributed by atoms with van der Waals surface area (Å²) in [4.78, 5) is 25.3. The molecule has 0 aromatic heterocycles. The summed E-state index contributed by atoms with van der Waals surface area (Å²) >= 11 is -0.600. The van der Waals surface area contributed by atoms with Crippen molar-refractivity contribution >= 4 is 24.0 Å². The minimum Gasteiger partial charge on any atom is -0.465 e. The van der Waals surface area contributed by atoms with Gasteiger partial charge in [-0.05, 0) is 106 Å². The highest BCUT2D eigenvalue weighted by molar-refractivity contribution is 7.96. The van der Waals surface area contributed by atoms with E-state index in [0.717, 1.165) is 56.8 Å². The van der Waals surface area contributed by atoms with Crippen LogP contribution in [-0.2, 0) is 28.4 Å². The molecule has 1 N–H and O–H groups in total. The van der Waals surface area contributed by atoms with Gasteiger partial charge in [0, 0.05) is 10.8 Å². The largest absolute Gasteiger partial charge is 0.465 e. The molecule has 10 heteroatoms. The second kappa shape index (κ2) is 9.06. The zero-order chi connectivity index (χ0) is 25.3. The predicted molar refractivity (Wildman–Crippen MR) is 124 cm³/mol. The van der Waals surface area contributed by atoms with Gasteiger partial charge < -0.3 is 9.47 Å². The van der Waals surface area contributed by atoms with Crippen molar-refractivity contribution in [2.45, 2.75) is 76.4 Å². The van der Waals surface area contributed by atoms with Gasteiger partial charge in [0.15, 0.2) is 0 Å². The molecule has 0 aliphatic heterocycles. The van der Waals surface area contributed by atoms with Crippen molar-refractivity contribution < 1.29 is 42.5 Å². The van der Waals surface area contributed by atoms with Crippen molar-refractivity contribution in [3.05, 3.63) is 0 Å². The van der Waals surface area contributed by atoms with Crippen LogP contribution in [0.5, 0.6) is 0 Å². The van der Waals surface area contributed by atoms with E-state index in [1.807, 2.05) is 0 Å². The van der Waals surface area contributed by atoms with E-state index in [2.05, 4.69) is 16.3 Å². The van der Waals surface area contributed by atoms with Crippen LogP contribution >= 0.6 is 12.0 Å². The lowest BCUT2D eigenvalue weighted by atomic mass is 9.44. The molecule has 7 aliphatic carbocycles. The van der Waals surface area contributed by atoms with E-state index in [-0.39, 0.29) is 29.3 Å². The van der Waals surface area contributed by atoms with E-state index in [1.165, 1.54) is 19.3 Å². The van der Waals surface area contributed by atoms with Gasteiger partial charge in [0.1, 0.15) is 12.0 Å². The van der Waals surface area contributed by atoms with Gasteiger partial charge in [-0.2, -0.15) is 8.78 Å². The van der Waals surface area contributed by atoms with Crippen molar-refractivity contribution in [3.63, 3.8) is 0 Å². The Labute approximate surface area is 214 Å². The van der Waals surface area contributed by atoms with Crippen LogP contribution in [0.15, 0.2) is 0 Å². The zero-order valence-electron chi connectivity index (χ0n) is 20.7. The van der Waals surface area contributed by atoms with Gasteiger partial charge in [-0.1, -0.05) is 12.0 Å². The number of carbonyl (C=O) groups is 2. The van der Waals surface area contributed by atoms with Crippen LogP contribution in [0.3, 0.4) is 0 Å². The van der Waals surface area contributed by atoms with E-state index in [1.54, 1.807) is 0 Å². The van der Waals surface area contributed by atoms with Crippen molar-refractivity contribution in [2.75, 3.05) is 13.2 Å². The summed E-state index contributed by atoms with van der Waals surface area (Å²) in [7, 11) is 0. The SMILES string of the molecule is CC1CC2C3CC(C(=O)OCC45CC6CC(C4)CC(COC(=O)C(F)(F)SOOO)(C6)C5)C(C3)C2C1. The normalized spacial score (nSPS) is 46.2. The third-order valence-corrected chi connectivity index (χ3v) is 11.3. The highest BCUT2D eigenvalue weighted by atomic mass is 32.2. The fourth-order valence-electron chi connectivity index (χ4n) is 10.3. The summed E-state index contributed by atoms with van der Waals surface area (Å²) in [5, 5.41) is 7.29. The molecule has 0 aromatic rings. The van der Waals surface area contributed by atoms with Crippen LogP contribution in [0.1, 0.15) is 71.1 Å². The van der Waals surface area contributed by atoms with Gasteiger partial charge in [-0.3, -0.25) is 4.79 Å². The highest BCUT2D eigenvalue weighted by Crippen LogP contribution is 2.66. The molecule has 7 nitrogen and oxygen atoms in total. The van der Waals surface area contributed by atoms with Crippen LogP contribution in [0.2, 0.25) is 0 Å². The maximum atomic E-state index is 13.9. The number of hydrogen-bond donors (Lipinski definition) is 1. The lowest BCUT2D eigenvalue weighted by molar-refractivity contribution is -0.433. The van der Waals surface area contributed by atoms with Crippen LogP contribution in [-0.4, -0.2) is 35.7 Å². The molecule has 0 aromatic carbocycles. The average Bonchev–Trinajstić information content (AvgIpc) is 3.50. The first-order chi connectivity index (χ1) is 17.1. The van der Waals surface area contributed by atoms with Gasteiger partial charge >= 0.3 is 17.2 Å². The summed E-state index contributed by atoms with van der Waals surface area (Å²) < 4.78 is 42.7. The Morgan fingerprint density at radius 1 is 0.917 bits per heavy atom.